The number of ketones is 1. The van der Waals surface area contributed by atoms with Crippen LogP contribution in [-0.4, -0.2) is 51.1 Å². The van der Waals surface area contributed by atoms with Gasteiger partial charge >= 0.3 is 0 Å². The molecule has 6 nitrogen and oxygen atoms in total. The van der Waals surface area contributed by atoms with Gasteiger partial charge in [0.2, 0.25) is 0 Å². The van der Waals surface area contributed by atoms with Gasteiger partial charge in [0.1, 0.15) is 0 Å². The highest BCUT2D eigenvalue weighted by Crippen LogP contribution is 2.34. The van der Waals surface area contributed by atoms with Crippen molar-refractivity contribution >= 4 is 17.1 Å². The van der Waals surface area contributed by atoms with Crippen molar-refractivity contribution in [3.8, 4) is 5.19 Å². The van der Waals surface area contributed by atoms with E-state index in [1.54, 1.807) is 10.9 Å². The van der Waals surface area contributed by atoms with Crippen LogP contribution in [0.25, 0.3) is 0 Å². The number of fused-ring (bicyclic) bond motifs is 1. The third-order valence-corrected chi connectivity index (χ3v) is 7.74. The summed E-state index contributed by atoms with van der Waals surface area (Å²) in [6, 6.07) is 0. The van der Waals surface area contributed by atoms with E-state index in [2.05, 4.69) is 15.0 Å². The van der Waals surface area contributed by atoms with Crippen molar-refractivity contribution in [2.75, 3.05) is 19.7 Å². The lowest BCUT2D eigenvalue weighted by molar-refractivity contribution is -0.121. The van der Waals surface area contributed by atoms with Crippen molar-refractivity contribution in [1.29, 1.82) is 0 Å². The Kier molecular flexibility index (Phi) is 7.79. The molecule has 9 heteroatoms. The number of carbonyl (C=O) groups is 1. The summed E-state index contributed by atoms with van der Waals surface area (Å²) in [4.78, 5) is 20.4. The Balaban J connectivity index is 1.15. The van der Waals surface area contributed by atoms with E-state index in [0.29, 0.717) is 30.0 Å². The maximum Gasteiger partial charge on any atom is 0.278 e. The summed E-state index contributed by atoms with van der Waals surface area (Å²) in [7, 11) is 0. The molecule has 2 aromatic heterocycles. The van der Waals surface area contributed by atoms with Gasteiger partial charge < -0.3 is 4.74 Å². The summed E-state index contributed by atoms with van der Waals surface area (Å²) in [5.41, 5.74) is 2.06. The zero-order chi connectivity index (χ0) is 23.4. The predicted molar refractivity (Wildman–Crippen MR) is 124 cm³/mol. The number of hydrogen-bond acceptors (Lipinski definition) is 6. The number of nitrogens with zero attached hydrogens (tertiary/aromatic N) is 4. The molecule has 1 fully saturated rings. The molecule has 0 aromatic carbocycles. The van der Waals surface area contributed by atoms with Crippen LogP contribution in [0.15, 0.2) is 12.4 Å². The lowest BCUT2D eigenvalue weighted by Gasteiger charge is -2.31. The molecule has 0 radical (unpaired) electrons. The molecule has 1 aliphatic carbocycles. The molecule has 0 N–H and O–H groups in total. The predicted octanol–water partition coefficient (Wildman–Crippen LogP) is 4.90. The van der Waals surface area contributed by atoms with Crippen LogP contribution in [0.4, 0.5) is 8.78 Å². The number of Topliss-reactive ketones (excluding diaryl/α,β-unsaturated/α-hetero) is 1. The number of halogens is 2. The lowest BCUT2D eigenvalue weighted by Crippen LogP contribution is -2.32. The largest absolute Gasteiger partial charge is 0.464 e. The monoisotopic (exact) mass is 480 g/mol. The second-order valence-electron chi connectivity index (χ2n) is 9.87. The van der Waals surface area contributed by atoms with Gasteiger partial charge in [0.15, 0.2) is 12.4 Å². The summed E-state index contributed by atoms with van der Waals surface area (Å²) >= 11 is 1.40. The molecule has 0 bridgehead atoms. The molecule has 33 heavy (non-hydrogen) atoms. The molecule has 0 unspecified atom stereocenters. The van der Waals surface area contributed by atoms with E-state index >= 15 is 0 Å². The Hall–Kier alpha value is -1.87. The Labute approximate surface area is 198 Å². The van der Waals surface area contributed by atoms with E-state index in [1.165, 1.54) is 24.2 Å². The molecule has 2 aromatic rings. The van der Waals surface area contributed by atoms with Crippen LogP contribution < -0.4 is 4.74 Å². The van der Waals surface area contributed by atoms with Gasteiger partial charge in [0.25, 0.3) is 11.1 Å². The number of alkyl halides is 2. The third kappa shape index (κ3) is 7.30. The molecular weight excluding hydrogens is 446 g/mol. The average Bonchev–Trinajstić information content (AvgIpc) is 3.36. The third-order valence-electron chi connectivity index (χ3n) is 6.67. The first kappa shape index (κ1) is 24.3. The topological polar surface area (TPSA) is 60.2 Å². The second kappa shape index (κ2) is 10.6. The molecule has 0 spiro atoms. The highest BCUT2D eigenvalue weighted by Gasteiger charge is 2.27. The zero-order valence-electron chi connectivity index (χ0n) is 19.6. The highest BCUT2D eigenvalue weighted by atomic mass is 32.1. The second-order valence-corrected chi connectivity index (χ2v) is 10.9. The zero-order valence-corrected chi connectivity index (χ0v) is 20.4. The van der Waals surface area contributed by atoms with E-state index in [4.69, 9.17) is 4.74 Å². The van der Waals surface area contributed by atoms with Gasteiger partial charge in [-0.15, -0.1) is 0 Å². The van der Waals surface area contributed by atoms with Crippen molar-refractivity contribution in [1.82, 2.24) is 19.7 Å². The number of aromatic nitrogens is 3. The van der Waals surface area contributed by atoms with Crippen LogP contribution in [0.1, 0.15) is 61.6 Å². The molecule has 0 atom stereocenters. The quantitative estimate of drug-likeness (QED) is 0.484. The molecule has 182 valence electrons. The Morgan fingerprint density at radius 1 is 1.27 bits per heavy atom. The molecule has 3 heterocycles. The summed E-state index contributed by atoms with van der Waals surface area (Å²) in [5, 5.41) is 4.57. The van der Waals surface area contributed by atoms with Gasteiger partial charge in [-0.05, 0) is 56.6 Å². The SMILES string of the molecule is Cc1cnn(CC(=O)CC2CCC(CCN3CCc4sc(OCC(C)(F)F)nc4C3)CC2)c1. The highest BCUT2D eigenvalue weighted by molar-refractivity contribution is 7.13. The van der Waals surface area contributed by atoms with Crippen molar-refractivity contribution in [2.45, 2.75) is 77.8 Å². The molecule has 1 saturated carbocycles. The van der Waals surface area contributed by atoms with E-state index in [0.717, 1.165) is 68.4 Å². The minimum absolute atomic E-state index is 0.278. The van der Waals surface area contributed by atoms with Gasteiger partial charge in [0.05, 0.1) is 18.4 Å². The van der Waals surface area contributed by atoms with E-state index in [-0.39, 0.29) is 5.78 Å². The minimum atomic E-state index is -2.84. The Morgan fingerprint density at radius 3 is 2.73 bits per heavy atom. The first-order valence-electron chi connectivity index (χ1n) is 12.0. The van der Waals surface area contributed by atoms with Gasteiger partial charge in [-0.2, -0.15) is 5.10 Å². The lowest BCUT2D eigenvalue weighted by atomic mass is 9.78. The first-order valence-corrected chi connectivity index (χ1v) is 12.8. The van der Waals surface area contributed by atoms with Gasteiger partial charge in [0, 0.05) is 37.5 Å². The number of hydrogen-bond donors (Lipinski definition) is 0. The summed E-state index contributed by atoms with van der Waals surface area (Å²) < 4.78 is 33.0. The molecule has 0 saturated heterocycles. The minimum Gasteiger partial charge on any atom is -0.464 e. The van der Waals surface area contributed by atoms with Crippen molar-refractivity contribution < 1.29 is 18.3 Å². The number of aryl methyl sites for hydroxylation is 1. The Morgan fingerprint density at radius 2 is 2.03 bits per heavy atom. The Bertz CT molecular complexity index is 931. The van der Waals surface area contributed by atoms with Crippen LogP contribution in [0.3, 0.4) is 0 Å². The maximum atomic E-state index is 13.0. The van der Waals surface area contributed by atoms with Gasteiger partial charge in [-0.25, -0.2) is 13.8 Å². The fraction of sp³-hybridized carbons (Fsp3) is 0.708. The molecule has 4 rings (SSSR count). The number of ether oxygens (including phenoxy) is 1. The van der Waals surface area contributed by atoms with Gasteiger partial charge in [-0.1, -0.05) is 24.2 Å². The van der Waals surface area contributed by atoms with E-state index in [9.17, 15) is 13.6 Å². The van der Waals surface area contributed by atoms with E-state index < -0.39 is 12.5 Å². The van der Waals surface area contributed by atoms with Crippen LogP contribution in [-0.2, 0) is 24.3 Å². The summed E-state index contributed by atoms with van der Waals surface area (Å²) in [6.07, 6.45) is 11.1. The molecular formula is C24H34F2N4O2S. The number of rotatable bonds is 10. The summed E-state index contributed by atoms with van der Waals surface area (Å²) in [6.45, 7) is 5.39. The molecule has 2 aliphatic rings. The standard InChI is InChI=1S/C24H34F2N4O2S/c1-17-12-27-30(13-17)14-20(31)11-19-5-3-18(4-6-19)7-9-29-10-8-22-21(15-29)28-23(33-22)32-16-24(2,25)26/h12-13,18-19H,3-11,14-16H2,1-2H3. The summed E-state index contributed by atoms with van der Waals surface area (Å²) in [5.74, 6) is -1.34. The smallest absolute Gasteiger partial charge is 0.278 e. The number of thiazole rings is 1. The van der Waals surface area contributed by atoms with Crippen molar-refractivity contribution in [2.24, 2.45) is 11.8 Å². The van der Waals surface area contributed by atoms with Crippen LogP contribution >= 0.6 is 11.3 Å². The van der Waals surface area contributed by atoms with Gasteiger partial charge in [-0.3, -0.25) is 14.4 Å². The molecule has 0 amide bonds. The average molecular weight is 481 g/mol. The molecule has 1 aliphatic heterocycles. The normalized spacial score (nSPS) is 21.7. The fourth-order valence-corrected chi connectivity index (χ4v) is 5.79. The van der Waals surface area contributed by atoms with E-state index in [1.807, 2.05) is 13.1 Å². The van der Waals surface area contributed by atoms with Crippen molar-refractivity contribution in [3.63, 3.8) is 0 Å². The van der Waals surface area contributed by atoms with Crippen LogP contribution in [0.5, 0.6) is 5.19 Å². The van der Waals surface area contributed by atoms with Crippen molar-refractivity contribution in [3.05, 3.63) is 28.5 Å². The maximum absolute atomic E-state index is 13.0. The number of carbonyl (C=O) groups excluding carboxylic acids is 1. The van der Waals surface area contributed by atoms with Crippen LogP contribution in [0.2, 0.25) is 0 Å². The first-order chi connectivity index (χ1) is 15.7. The fourth-order valence-electron chi connectivity index (χ4n) is 4.88. The van der Waals surface area contributed by atoms with Crippen LogP contribution in [0, 0.1) is 18.8 Å².